The number of hydrogen-bond donors (Lipinski definition) is 3. The molecule has 1 fully saturated rings. The van der Waals surface area contributed by atoms with Gasteiger partial charge in [0.25, 0.3) is 5.91 Å². The van der Waals surface area contributed by atoms with Crippen LogP contribution in [0.25, 0.3) is 5.65 Å². The largest absolute Gasteiger partial charge is 0.484 e. The summed E-state index contributed by atoms with van der Waals surface area (Å²) in [7, 11) is 0. The molecule has 9 nitrogen and oxygen atoms in total. The SMILES string of the molecule is CCNC(=NCc1cccc(OCC(=O)NC2CC2)c1)NCc1nnc2ccccn12.I. The fourth-order valence-corrected chi connectivity index (χ4v) is 3.07. The van der Waals surface area contributed by atoms with Crippen LogP contribution in [0.4, 0.5) is 0 Å². The molecule has 0 spiro atoms. The highest BCUT2D eigenvalue weighted by atomic mass is 127. The number of carbonyl (C=O) groups is 1. The summed E-state index contributed by atoms with van der Waals surface area (Å²) in [6.45, 7) is 3.76. The minimum Gasteiger partial charge on any atom is -0.484 e. The standard InChI is InChI=1S/C22H27N7O2.HI/c1-2-23-22(25-14-20-28-27-19-8-3-4-11-29(19)20)24-13-16-6-5-7-18(12-16)31-15-21(30)26-17-9-10-17;/h3-8,11-12,17H,2,9-10,13-15H2,1H3,(H,26,30)(H2,23,24,25);1H. The molecule has 3 N–H and O–H groups in total. The van der Waals surface area contributed by atoms with Crippen molar-refractivity contribution in [3.05, 3.63) is 60.0 Å². The van der Waals surface area contributed by atoms with Gasteiger partial charge in [0.1, 0.15) is 5.75 Å². The maximum Gasteiger partial charge on any atom is 0.258 e. The first-order chi connectivity index (χ1) is 15.2. The maximum absolute atomic E-state index is 11.8. The van der Waals surface area contributed by atoms with Gasteiger partial charge in [0, 0.05) is 18.8 Å². The number of rotatable bonds is 9. The topological polar surface area (TPSA) is 105 Å². The lowest BCUT2D eigenvalue weighted by Gasteiger charge is -2.11. The Bertz CT molecular complexity index is 1070. The van der Waals surface area contributed by atoms with Gasteiger partial charge in [-0.15, -0.1) is 34.2 Å². The molecule has 0 atom stereocenters. The first-order valence-electron chi connectivity index (χ1n) is 10.5. The second kappa shape index (κ2) is 11.7. The van der Waals surface area contributed by atoms with E-state index in [1.807, 2.05) is 60.0 Å². The monoisotopic (exact) mass is 549 g/mol. The van der Waals surface area contributed by atoms with Gasteiger partial charge < -0.3 is 20.7 Å². The van der Waals surface area contributed by atoms with E-state index < -0.39 is 0 Å². The van der Waals surface area contributed by atoms with Crippen molar-refractivity contribution in [2.45, 2.75) is 38.9 Å². The van der Waals surface area contributed by atoms with Crippen LogP contribution in [0.1, 0.15) is 31.2 Å². The van der Waals surface area contributed by atoms with Crippen molar-refractivity contribution >= 4 is 41.5 Å². The molecular weight excluding hydrogens is 521 g/mol. The summed E-state index contributed by atoms with van der Waals surface area (Å²) >= 11 is 0. The molecule has 0 radical (unpaired) electrons. The molecule has 1 aromatic carbocycles. The Morgan fingerprint density at radius 1 is 1.19 bits per heavy atom. The number of halogens is 1. The van der Waals surface area contributed by atoms with Crippen molar-refractivity contribution in [3.63, 3.8) is 0 Å². The van der Waals surface area contributed by atoms with Crippen LogP contribution in [0.2, 0.25) is 0 Å². The van der Waals surface area contributed by atoms with Crippen molar-refractivity contribution in [2.24, 2.45) is 4.99 Å². The molecule has 0 aliphatic heterocycles. The number of hydrogen-bond acceptors (Lipinski definition) is 5. The predicted molar refractivity (Wildman–Crippen MR) is 133 cm³/mol. The van der Waals surface area contributed by atoms with Crippen LogP contribution in [0.15, 0.2) is 53.7 Å². The van der Waals surface area contributed by atoms with Crippen molar-refractivity contribution in [2.75, 3.05) is 13.2 Å². The van der Waals surface area contributed by atoms with E-state index >= 15 is 0 Å². The number of carbonyl (C=O) groups excluding carboxylic acids is 1. The summed E-state index contributed by atoms with van der Waals surface area (Å²) in [6.07, 6.45) is 4.07. The molecule has 2 heterocycles. The molecule has 2 aromatic heterocycles. The Balaban J connectivity index is 0.00000289. The van der Waals surface area contributed by atoms with E-state index in [9.17, 15) is 4.79 Å². The zero-order valence-electron chi connectivity index (χ0n) is 18.0. The van der Waals surface area contributed by atoms with E-state index in [0.717, 1.165) is 36.4 Å². The number of benzene rings is 1. The lowest BCUT2D eigenvalue weighted by Crippen LogP contribution is -2.37. The molecule has 0 unspecified atom stereocenters. The average Bonchev–Trinajstić information content (AvgIpc) is 3.51. The molecule has 1 amide bonds. The summed E-state index contributed by atoms with van der Waals surface area (Å²) in [6, 6.07) is 13.8. The number of aromatic nitrogens is 3. The lowest BCUT2D eigenvalue weighted by atomic mass is 10.2. The summed E-state index contributed by atoms with van der Waals surface area (Å²) in [4.78, 5) is 16.5. The smallest absolute Gasteiger partial charge is 0.258 e. The third kappa shape index (κ3) is 6.81. The van der Waals surface area contributed by atoms with Crippen LogP contribution in [0.3, 0.4) is 0 Å². The van der Waals surface area contributed by atoms with Crippen LogP contribution < -0.4 is 20.7 Å². The van der Waals surface area contributed by atoms with Crippen LogP contribution in [-0.2, 0) is 17.9 Å². The molecule has 170 valence electrons. The number of nitrogens with one attached hydrogen (secondary N) is 3. The number of amides is 1. The highest BCUT2D eigenvalue weighted by molar-refractivity contribution is 14.0. The second-order valence-electron chi connectivity index (χ2n) is 7.37. The average molecular weight is 549 g/mol. The maximum atomic E-state index is 11.8. The van der Waals surface area contributed by atoms with Crippen molar-refractivity contribution in [3.8, 4) is 5.75 Å². The third-order valence-electron chi connectivity index (χ3n) is 4.77. The predicted octanol–water partition coefficient (Wildman–Crippen LogP) is 2.26. The highest BCUT2D eigenvalue weighted by Gasteiger charge is 2.23. The zero-order chi connectivity index (χ0) is 21.5. The molecule has 4 rings (SSSR count). The Morgan fingerprint density at radius 2 is 2.06 bits per heavy atom. The molecule has 1 saturated carbocycles. The zero-order valence-corrected chi connectivity index (χ0v) is 20.3. The van der Waals surface area contributed by atoms with Crippen molar-refractivity contribution in [1.82, 2.24) is 30.5 Å². The van der Waals surface area contributed by atoms with E-state index in [-0.39, 0.29) is 36.5 Å². The first-order valence-corrected chi connectivity index (χ1v) is 10.5. The van der Waals surface area contributed by atoms with Gasteiger partial charge in [0.05, 0.1) is 13.1 Å². The Hall–Kier alpha value is -2.89. The molecule has 10 heteroatoms. The molecule has 1 aliphatic carbocycles. The van der Waals surface area contributed by atoms with Crippen molar-refractivity contribution in [1.29, 1.82) is 0 Å². The number of ether oxygens (including phenoxy) is 1. The Kier molecular flexibility index (Phi) is 8.65. The molecule has 0 bridgehead atoms. The lowest BCUT2D eigenvalue weighted by molar-refractivity contribution is -0.123. The van der Waals surface area contributed by atoms with E-state index in [0.29, 0.717) is 30.8 Å². The van der Waals surface area contributed by atoms with Crippen LogP contribution >= 0.6 is 24.0 Å². The second-order valence-corrected chi connectivity index (χ2v) is 7.37. The number of pyridine rings is 1. The fraction of sp³-hybridized carbons (Fsp3) is 0.364. The third-order valence-corrected chi connectivity index (χ3v) is 4.77. The van der Waals surface area contributed by atoms with Crippen LogP contribution in [0, 0.1) is 0 Å². The van der Waals surface area contributed by atoms with Gasteiger partial charge in [0.2, 0.25) is 0 Å². The van der Waals surface area contributed by atoms with Gasteiger partial charge in [-0.05, 0) is 49.6 Å². The van der Waals surface area contributed by atoms with E-state index in [1.165, 1.54) is 0 Å². The highest BCUT2D eigenvalue weighted by Crippen LogP contribution is 2.18. The normalized spacial score (nSPS) is 13.3. The Morgan fingerprint density at radius 3 is 2.88 bits per heavy atom. The minimum absolute atomic E-state index is 0. The number of guanidine groups is 1. The number of aliphatic imine (C=N–C) groups is 1. The van der Waals surface area contributed by atoms with Crippen LogP contribution in [-0.4, -0.2) is 45.7 Å². The van der Waals surface area contributed by atoms with Gasteiger partial charge >= 0.3 is 0 Å². The van der Waals surface area contributed by atoms with E-state index in [2.05, 4.69) is 31.1 Å². The summed E-state index contributed by atoms with van der Waals surface area (Å²) in [5.41, 5.74) is 1.80. The minimum atomic E-state index is -0.0782. The van der Waals surface area contributed by atoms with Gasteiger partial charge in [-0.3, -0.25) is 9.20 Å². The van der Waals surface area contributed by atoms with Crippen molar-refractivity contribution < 1.29 is 9.53 Å². The fourth-order valence-electron chi connectivity index (χ4n) is 3.07. The quantitative estimate of drug-likeness (QED) is 0.215. The van der Waals surface area contributed by atoms with Gasteiger partial charge in [-0.25, -0.2) is 4.99 Å². The van der Waals surface area contributed by atoms with Gasteiger partial charge in [-0.2, -0.15) is 0 Å². The van der Waals surface area contributed by atoms with Gasteiger partial charge in [0.15, 0.2) is 24.0 Å². The molecule has 0 saturated heterocycles. The number of fused-ring (bicyclic) bond motifs is 1. The molecular formula is C22H28IN7O2. The summed E-state index contributed by atoms with van der Waals surface area (Å²) in [5.74, 6) is 2.07. The molecule has 3 aromatic rings. The first kappa shape index (κ1) is 23.8. The molecule has 1 aliphatic rings. The summed E-state index contributed by atoms with van der Waals surface area (Å²) in [5, 5.41) is 17.8. The van der Waals surface area contributed by atoms with Gasteiger partial charge in [-0.1, -0.05) is 18.2 Å². The Labute approximate surface area is 204 Å². The van der Waals surface area contributed by atoms with Crippen LogP contribution in [0.5, 0.6) is 5.75 Å². The summed E-state index contributed by atoms with van der Waals surface area (Å²) < 4.78 is 7.56. The van der Waals surface area contributed by atoms with E-state index in [1.54, 1.807) is 0 Å². The molecule has 32 heavy (non-hydrogen) atoms. The van der Waals surface area contributed by atoms with E-state index in [4.69, 9.17) is 4.74 Å². The number of nitrogens with zero attached hydrogens (tertiary/aromatic N) is 4.